The minimum absolute atomic E-state index is 0.112. The first-order chi connectivity index (χ1) is 14.0. The van der Waals surface area contributed by atoms with Gasteiger partial charge in [-0.05, 0) is 63.1 Å². The van der Waals surface area contributed by atoms with Crippen molar-refractivity contribution in [2.24, 2.45) is 0 Å². The monoisotopic (exact) mass is 401 g/mol. The molecule has 0 aliphatic carbocycles. The quantitative estimate of drug-likeness (QED) is 0.247. The number of fused-ring (bicyclic) bond motifs is 1. The number of nitrogens with zero attached hydrogens (tertiary/aromatic N) is 3. The number of benzene rings is 2. The lowest BCUT2D eigenvalue weighted by Gasteiger charge is -2.12. The summed E-state index contributed by atoms with van der Waals surface area (Å²) >= 11 is 1.47. The van der Waals surface area contributed by atoms with Crippen LogP contribution in [0.4, 0.5) is 0 Å². The van der Waals surface area contributed by atoms with Crippen LogP contribution in [0.3, 0.4) is 0 Å². The van der Waals surface area contributed by atoms with Gasteiger partial charge in [-0.2, -0.15) is 0 Å². The van der Waals surface area contributed by atoms with Gasteiger partial charge in [-0.15, -0.1) is 0 Å². The maximum Gasteiger partial charge on any atom is 0.174 e. The average molecular weight is 402 g/mol. The number of aryl methyl sites for hydroxylation is 3. The van der Waals surface area contributed by atoms with E-state index in [0.29, 0.717) is 5.75 Å². The van der Waals surface area contributed by atoms with Crippen molar-refractivity contribution in [1.29, 1.82) is 0 Å². The number of carbonyl (C=O) groups is 1. The predicted molar refractivity (Wildman–Crippen MR) is 119 cm³/mol. The number of hydrogen-bond acceptors (Lipinski definition) is 4. The molecule has 146 valence electrons. The van der Waals surface area contributed by atoms with Crippen molar-refractivity contribution in [2.45, 2.75) is 32.7 Å². The number of Topliss-reactive ketones (excluding diaryl/α,β-unsaturated/α-hetero) is 1. The summed E-state index contributed by atoms with van der Waals surface area (Å²) < 4.78 is 2.16. The van der Waals surface area contributed by atoms with Crippen LogP contribution in [0.1, 0.15) is 32.9 Å². The summed E-state index contributed by atoms with van der Waals surface area (Å²) in [7, 11) is 0. The van der Waals surface area contributed by atoms with Crippen molar-refractivity contribution in [3.63, 3.8) is 0 Å². The van der Waals surface area contributed by atoms with Gasteiger partial charge in [0.25, 0.3) is 0 Å². The van der Waals surface area contributed by atoms with Gasteiger partial charge in [0, 0.05) is 28.0 Å². The number of ketones is 1. The number of thioether (sulfide) groups is 1. The van der Waals surface area contributed by atoms with Crippen molar-refractivity contribution >= 4 is 28.4 Å². The highest BCUT2D eigenvalue weighted by Gasteiger charge is 2.18. The molecule has 0 saturated carbocycles. The first-order valence-corrected chi connectivity index (χ1v) is 10.6. The summed E-state index contributed by atoms with van der Waals surface area (Å²) in [5, 5.41) is 1.82. The van der Waals surface area contributed by atoms with Crippen LogP contribution in [0.15, 0.2) is 59.9 Å². The predicted octanol–water partition coefficient (Wildman–Crippen LogP) is 5.63. The fraction of sp³-hybridized carbons (Fsp3) is 0.208. The lowest BCUT2D eigenvalue weighted by molar-refractivity contribution is 0.102. The van der Waals surface area contributed by atoms with E-state index in [9.17, 15) is 4.79 Å². The van der Waals surface area contributed by atoms with E-state index in [1.54, 1.807) is 6.33 Å². The molecule has 0 amide bonds. The molecule has 0 atom stereocenters. The number of rotatable bonds is 5. The topological polar surface area (TPSA) is 47.8 Å². The molecular weight excluding hydrogens is 378 g/mol. The third-order valence-electron chi connectivity index (χ3n) is 5.33. The summed E-state index contributed by atoms with van der Waals surface area (Å²) in [4.78, 5) is 21.7. The van der Waals surface area contributed by atoms with E-state index >= 15 is 0 Å². The molecule has 4 aromatic rings. The van der Waals surface area contributed by atoms with Crippen LogP contribution >= 0.6 is 11.8 Å². The smallest absolute Gasteiger partial charge is 0.174 e. The maximum atomic E-state index is 13.0. The van der Waals surface area contributed by atoms with E-state index < -0.39 is 0 Å². The number of carbonyl (C=O) groups excluding carboxylic acids is 1. The van der Waals surface area contributed by atoms with E-state index in [4.69, 9.17) is 0 Å². The van der Waals surface area contributed by atoms with Crippen molar-refractivity contribution < 1.29 is 4.79 Å². The van der Waals surface area contributed by atoms with Gasteiger partial charge in [0.1, 0.15) is 11.4 Å². The van der Waals surface area contributed by atoms with Crippen molar-refractivity contribution in [1.82, 2.24) is 14.5 Å². The Bertz CT molecular complexity index is 1220. The molecule has 0 fully saturated rings. The van der Waals surface area contributed by atoms with Crippen LogP contribution in [0.2, 0.25) is 0 Å². The number of para-hydroxylation sites is 1. The summed E-state index contributed by atoms with van der Waals surface area (Å²) in [6.07, 6.45) is 1.56. The van der Waals surface area contributed by atoms with Gasteiger partial charge < -0.3 is 4.57 Å². The molecule has 0 bridgehead atoms. The molecule has 0 saturated heterocycles. The summed E-state index contributed by atoms with van der Waals surface area (Å²) in [5.74, 6) is 0.457. The molecule has 5 heteroatoms. The first kappa shape index (κ1) is 19.4. The van der Waals surface area contributed by atoms with E-state index in [1.165, 1.54) is 22.9 Å². The van der Waals surface area contributed by atoms with Gasteiger partial charge in [-0.1, -0.05) is 36.0 Å². The first-order valence-electron chi connectivity index (χ1n) is 9.58. The van der Waals surface area contributed by atoms with Crippen LogP contribution in [0.25, 0.3) is 16.6 Å². The fourth-order valence-corrected chi connectivity index (χ4v) is 4.49. The maximum absolute atomic E-state index is 13.0. The van der Waals surface area contributed by atoms with E-state index in [2.05, 4.69) is 46.6 Å². The highest BCUT2D eigenvalue weighted by molar-refractivity contribution is 8.00. The summed E-state index contributed by atoms with van der Waals surface area (Å²) in [5.41, 5.74) is 7.30. The van der Waals surface area contributed by atoms with E-state index in [0.717, 1.165) is 38.6 Å². The molecule has 4 nitrogen and oxygen atoms in total. The molecule has 0 spiro atoms. The third kappa shape index (κ3) is 3.70. The Morgan fingerprint density at radius 3 is 2.55 bits per heavy atom. The second-order valence-corrected chi connectivity index (χ2v) is 8.26. The number of aromatic nitrogens is 3. The van der Waals surface area contributed by atoms with E-state index in [-0.39, 0.29) is 5.78 Å². The van der Waals surface area contributed by atoms with Gasteiger partial charge in [0.15, 0.2) is 5.78 Å². The zero-order valence-corrected chi connectivity index (χ0v) is 17.9. The Morgan fingerprint density at radius 1 is 0.966 bits per heavy atom. The van der Waals surface area contributed by atoms with Crippen LogP contribution in [0, 0.1) is 27.7 Å². The second-order valence-electron chi connectivity index (χ2n) is 7.30. The minimum atomic E-state index is 0.112. The minimum Gasteiger partial charge on any atom is -0.318 e. The van der Waals surface area contributed by atoms with Crippen molar-refractivity contribution in [3.05, 3.63) is 82.9 Å². The molecule has 0 aliphatic heterocycles. The molecule has 0 unspecified atom stereocenters. The molecule has 4 rings (SSSR count). The highest BCUT2D eigenvalue weighted by atomic mass is 32.2. The highest BCUT2D eigenvalue weighted by Crippen LogP contribution is 2.27. The Morgan fingerprint density at radius 2 is 1.76 bits per heavy atom. The van der Waals surface area contributed by atoms with Crippen molar-refractivity contribution in [3.8, 4) is 5.69 Å². The summed E-state index contributed by atoms with van der Waals surface area (Å²) in [6.45, 7) is 8.28. The molecule has 0 N–H and O–H groups in total. The van der Waals surface area contributed by atoms with Gasteiger partial charge >= 0.3 is 0 Å². The number of hydrogen-bond donors (Lipinski definition) is 0. The lowest BCUT2D eigenvalue weighted by atomic mass is 10.1. The zero-order chi connectivity index (χ0) is 20.5. The van der Waals surface area contributed by atoms with Gasteiger partial charge in [0.05, 0.1) is 11.3 Å². The molecule has 0 aliphatic rings. The average Bonchev–Trinajstić information content (AvgIpc) is 3.02. The fourth-order valence-electron chi connectivity index (χ4n) is 3.61. The van der Waals surface area contributed by atoms with Crippen LogP contribution in [-0.2, 0) is 0 Å². The molecule has 2 aromatic heterocycles. The standard InChI is InChI=1S/C24H23N3OS/c1-15-9-10-19(11-16(15)2)27-17(3)12-21(18(27)4)23(28)13-29-24-20-7-5-6-8-22(20)25-14-26-24/h5-12,14H,13H2,1-4H3. The van der Waals surface area contributed by atoms with Crippen LogP contribution < -0.4 is 0 Å². The second kappa shape index (κ2) is 7.84. The van der Waals surface area contributed by atoms with Crippen LogP contribution in [-0.4, -0.2) is 26.1 Å². The Hall–Kier alpha value is -2.92. The molecule has 0 radical (unpaired) electrons. The van der Waals surface area contributed by atoms with Crippen molar-refractivity contribution in [2.75, 3.05) is 5.75 Å². The normalized spacial score (nSPS) is 11.2. The van der Waals surface area contributed by atoms with Gasteiger partial charge in [-0.3, -0.25) is 4.79 Å². The molecule has 2 aromatic carbocycles. The Labute approximate surface area is 175 Å². The molecule has 29 heavy (non-hydrogen) atoms. The van der Waals surface area contributed by atoms with E-state index in [1.807, 2.05) is 44.2 Å². The molecule has 2 heterocycles. The summed E-state index contributed by atoms with van der Waals surface area (Å²) in [6, 6.07) is 16.3. The lowest BCUT2D eigenvalue weighted by Crippen LogP contribution is -2.06. The van der Waals surface area contributed by atoms with Crippen LogP contribution in [0.5, 0.6) is 0 Å². The largest absolute Gasteiger partial charge is 0.318 e. The van der Waals surface area contributed by atoms with Gasteiger partial charge in [-0.25, -0.2) is 9.97 Å². The molecular formula is C24H23N3OS. The Balaban J connectivity index is 1.60. The Kier molecular flexibility index (Phi) is 5.24. The van der Waals surface area contributed by atoms with Gasteiger partial charge in [0.2, 0.25) is 0 Å². The zero-order valence-electron chi connectivity index (χ0n) is 17.1. The SMILES string of the molecule is Cc1ccc(-n2c(C)cc(C(=O)CSc3ncnc4ccccc34)c2C)cc1C. The third-order valence-corrected chi connectivity index (χ3v) is 6.33.